The quantitative estimate of drug-likeness (QED) is 0.169. The van der Waals surface area contributed by atoms with Gasteiger partial charge < -0.3 is 0 Å². The Kier molecular flexibility index (Phi) is 32.3. The Morgan fingerprint density at radius 3 is 0.500 bits per heavy atom. The minimum atomic E-state index is -0.556. The van der Waals surface area contributed by atoms with Crippen LogP contribution in [-0.4, -0.2) is 0 Å². The number of hydrogen-bond donors (Lipinski definition) is 0. The average Bonchev–Trinajstić information content (AvgIpc) is 3.53. The third-order valence-corrected chi connectivity index (χ3v) is 2.22. The van der Waals surface area contributed by atoms with Crippen molar-refractivity contribution in [2.45, 2.75) is 0 Å². The zero-order valence-electron chi connectivity index (χ0n) is 14.1. The molecule has 0 bridgehead atoms. The van der Waals surface area contributed by atoms with Crippen LogP contribution in [0, 0.1) is 0 Å². The van der Waals surface area contributed by atoms with Gasteiger partial charge in [-0.3, -0.25) is 0 Å². The molecular formula is C20H20Cl4Ti2-4. The fraction of sp³-hybridized carbons (Fsp3) is 0. The van der Waals surface area contributed by atoms with Crippen LogP contribution in [0.1, 0.15) is 0 Å². The number of rotatable bonds is 0. The van der Waals surface area contributed by atoms with Gasteiger partial charge in [-0.15, -0.1) is 0 Å². The Labute approximate surface area is 190 Å². The molecule has 0 spiro atoms. The maximum atomic E-state index is 4.89. The molecule has 6 heteroatoms. The SMILES string of the molecule is [Cl][Ti][Cl].[Cl][Ti][Cl].c1cc[cH-]c1.c1cc[cH-]c1.c1cc[cH-]c1.c1cc[cH-]c1. The first kappa shape index (κ1) is 28.2. The molecule has 0 heterocycles. The Hall–Kier alpha value is -0.0114. The van der Waals surface area contributed by atoms with Crippen molar-refractivity contribution in [3.63, 3.8) is 0 Å². The van der Waals surface area contributed by atoms with Crippen molar-refractivity contribution in [2.24, 2.45) is 0 Å². The molecule has 0 amide bonds. The van der Waals surface area contributed by atoms with E-state index in [9.17, 15) is 0 Å². The molecule has 0 unspecified atom stereocenters. The summed E-state index contributed by atoms with van der Waals surface area (Å²) in [5, 5.41) is 0. The summed E-state index contributed by atoms with van der Waals surface area (Å²) in [6, 6.07) is 40.0. The Morgan fingerprint density at radius 2 is 0.462 bits per heavy atom. The van der Waals surface area contributed by atoms with E-state index in [0.717, 1.165) is 0 Å². The van der Waals surface area contributed by atoms with E-state index < -0.39 is 34.1 Å². The van der Waals surface area contributed by atoms with Crippen LogP contribution in [0.15, 0.2) is 121 Å². The molecule has 0 nitrogen and oxygen atoms in total. The molecule has 4 rings (SSSR count). The fourth-order valence-corrected chi connectivity index (χ4v) is 1.28. The minimum absolute atomic E-state index is 0.556. The van der Waals surface area contributed by atoms with E-state index in [0.29, 0.717) is 0 Å². The van der Waals surface area contributed by atoms with Crippen molar-refractivity contribution < 1.29 is 34.1 Å². The van der Waals surface area contributed by atoms with Crippen LogP contribution in [0.2, 0.25) is 0 Å². The van der Waals surface area contributed by atoms with Crippen LogP contribution < -0.4 is 0 Å². The van der Waals surface area contributed by atoms with Gasteiger partial charge in [-0.05, 0) is 0 Å². The second kappa shape index (κ2) is 29.7. The summed E-state index contributed by atoms with van der Waals surface area (Å²) < 4.78 is 0. The Bertz CT molecular complexity index is 384. The van der Waals surface area contributed by atoms with Crippen LogP contribution in [0.5, 0.6) is 0 Å². The minimum Gasteiger partial charge on any atom is -0.214 e. The van der Waals surface area contributed by atoms with Gasteiger partial charge in [0, 0.05) is 0 Å². The molecule has 4 aromatic carbocycles. The Morgan fingerprint density at radius 1 is 0.346 bits per heavy atom. The first-order valence-electron chi connectivity index (χ1n) is 7.42. The van der Waals surface area contributed by atoms with E-state index in [1.807, 2.05) is 121 Å². The Balaban J connectivity index is 0. The van der Waals surface area contributed by atoms with Crippen LogP contribution in [-0.2, 0) is 34.1 Å². The van der Waals surface area contributed by atoms with Crippen molar-refractivity contribution in [3.05, 3.63) is 121 Å². The number of hydrogen-bond acceptors (Lipinski definition) is 0. The maximum Gasteiger partial charge on any atom is -0.172 e. The molecule has 140 valence electrons. The molecule has 0 saturated carbocycles. The third-order valence-electron chi connectivity index (χ3n) is 2.22. The maximum absolute atomic E-state index is 4.89. The van der Waals surface area contributed by atoms with Gasteiger partial charge in [0.2, 0.25) is 0 Å². The number of halogens is 4. The normalized spacial score (nSPS) is 7.23. The van der Waals surface area contributed by atoms with E-state index in [-0.39, 0.29) is 0 Å². The van der Waals surface area contributed by atoms with Crippen LogP contribution >= 0.6 is 37.2 Å². The van der Waals surface area contributed by atoms with Gasteiger partial charge in [-0.25, -0.2) is 48.5 Å². The predicted octanol–water partition coefficient (Wildman–Crippen LogP) is 8.38. The van der Waals surface area contributed by atoms with Crippen LogP contribution in [0.25, 0.3) is 0 Å². The molecule has 0 aliphatic carbocycles. The van der Waals surface area contributed by atoms with E-state index in [1.165, 1.54) is 0 Å². The summed E-state index contributed by atoms with van der Waals surface area (Å²) in [6.07, 6.45) is 0. The van der Waals surface area contributed by atoms with Crippen LogP contribution in [0.3, 0.4) is 0 Å². The topological polar surface area (TPSA) is 0 Å². The van der Waals surface area contributed by atoms with Crippen molar-refractivity contribution in [2.75, 3.05) is 0 Å². The standard InChI is InChI=1S/4C5H5.4ClH.2Ti/c4*1-2-4-5-3-1;;;;;;/h4*1-5H;4*1H;;/q4*-1;;;;;2*+2/p-4. The molecule has 0 N–H and O–H groups in total. The molecule has 4 aromatic rings. The van der Waals surface area contributed by atoms with Gasteiger partial charge in [0.1, 0.15) is 0 Å². The molecule has 0 radical (unpaired) electrons. The summed E-state index contributed by atoms with van der Waals surface area (Å²) in [6.45, 7) is 0. The molecule has 0 saturated heterocycles. The van der Waals surface area contributed by atoms with Gasteiger partial charge in [0.25, 0.3) is 0 Å². The molecule has 0 aliphatic heterocycles. The second-order valence-corrected chi connectivity index (χ2v) is 9.15. The molecular weight excluding hydrogens is 478 g/mol. The van der Waals surface area contributed by atoms with Crippen molar-refractivity contribution in [3.8, 4) is 0 Å². The van der Waals surface area contributed by atoms with Crippen LogP contribution in [0.4, 0.5) is 0 Å². The molecule has 0 atom stereocenters. The van der Waals surface area contributed by atoms with E-state index in [2.05, 4.69) is 0 Å². The van der Waals surface area contributed by atoms with Crippen molar-refractivity contribution >= 4 is 37.2 Å². The predicted molar refractivity (Wildman–Crippen MR) is 112 cm³/mol. The largest absolute Gasteiger partial charge is 0.214 e. The monoisotopic (exact) mass is 496 g/mol. The third kappa shape index (κ3) is 31.7. The average molecular weight is 498 g/mol. The fourth-order valence-electron chi connectivity index (χ4n) is 1.28. The molecule has 0 fully saturated rings. The second-order valence-electron chi connectivity index (χ2n) is 3.99. The van der Waals surface area contributed by atoms with Gasteiger partial charge in [0.05, 0.1) is 0 Å². The summed E-state index contributed by atoms with van der Waals surface area (Å²) in [5.41, 5.74) is 0. The molecule has 26 heavy (non-hydrogen) atoms. The molecule has 0 aromatic heterocycles. The van der Waals surface area contributed by atoms with E-state index in [4.69, 9.17) is 37.2 Å². The van der Waals surface area contributed by atoms with Crippen molar-refractivity contribution in [1.82, 2.24) is 0 Å². The van der Waals surface area contributed by atoms with Gasteiger partial charge in [-0.1, -0.05) is 0 Å². The van der Waals surface area contributed by atoms with Gasteiger partial charge >= 0.3 is 71.3 Å². The van der Waals surface area contributed by atoms with Gasteiger partial charge in [-0.2, -0.15) is 72.8 Å². The summed E-state index contributed by atoms with van der Waals surface area (Å²) in [4.78, 5) is 0. The zero-order valence-corrected chi connectivity index (χ0v) is 20.2. The van der Waals surface area contributed by atoms with E-state index in [1.54, 1.807) is 0 Å². The summed E-state index contributed by atoms with van der Waals surface area (Å²) >= 11 is -1.11. The summed E-state index contributed by atoms with van der Waals surface area (Å²) in [5.74, 6) is 0. The first-order valence-corrected chi connectivity index (χ1v) is 16.0. The zero-order chi connectivity index (χ0) is 19.6. The first-order chi connectivity index (χ1) is 12.8. The molecule has 0 aliphatic rings. The van der Waals surface area contributed by atoms with E-state index >= 15 is 0 Å². The smallest absolute Gasteiger partial charge is 0.172 e. The van der Waals surface area contributed by atoms with Crippen molar-refractivity contribution in [1.29, 1.82) is 0 Å². The van der Waals surface area contributed by atoms with Gasteiger partial charge in [0.15, 0.2) is 0 Å². The summed E-state index contributed by atoms with van der Waals surface area (Å²) in [7, 11) is 19.6.